The largest absolute Gasteiger partial charge is 0.381 e. The summed E-state index contributed by atoms with van der Waals surface area (Å²) < 4.78 is 5.85. The van der Waals surface area contributed by atoms with Gasteiger partial charge >= 0.3 is 0 Å². The molecular weight excluding hydrogens is 303 g/mol. The van der Waals surface area contributed by atoms with E-state index in [1.807, 2.05) is 18.2 Å². The van der Waals surface area contributed by atoms with Crippen LogP contribution in [0.15, 0.2) is 42.5 Å². The Morgan fingerprint density at radius 2 is 1.52 bits per heavy atom. The molecule has 0 saturated heterocycles. The Labute approximate surface area is 135 Å². The van der Waals surface area contributed by atoms with E-state index < -0.39 is 0 Å². The van der Waals surface area contributed by atoms with Gasteiger partial charge in [0.05, 0.1) is 13.2 Å². The monoisotopic (exact) mass is 320 g/mol. The quantitative estimate of drug-likeness (QED) is 0.707. The Kier molecular flexibility index (Phi) is 4.84. The molecule has 1 aliphatic rings. The average Bonchev–Trinajstić information content (AvgIpc) is 2.88. The molecule has 1 aliphatic carbocycles. The normalized spacial score (nSPS) is 14.4. The molecule has 0 radical (unpaired) electrons. The van der Waals surface area contributed by atoms with Crippen LogP contribution in [0.1, 0.15) is 16.7 Å². The maximum Gasteiger partial charge on any atom is 0.0507 e. The predicted molar refractivity (Wildman–Crippen MR) is 88.3 cm³/mol. The highest BCUT2D eigenvalue weighted by Gasteiger charge is 2.20. The van der Waals surface area contributed by atoms with Crippen LogP contribution in [0.4, 0.5) is 0 Å². The van der Waals surface area contributed by atoms with E-state index in [4.69, 9.17) is 27.9 Å². The lowest BCUT2D eigenvalue weighted by Gasteiger charge is -2.11. The first-order valence-electron chi connectivity index (χ1n) is 7.31. The fourth-order valence-electron chi connectivity index (χ4n) is 2.96. The zero-order valence-electron chi connectivity index (χ0n) is 11.8. The van der Waals surface area contributed by atoms with Crippen molar-refractivity contribution in [1.29, 1.82) is 0 Å². The van der Waals surface area contributed by atoms with Gasteiger partial charge in [-0.1, -0.05) is 53.5 Å². The summed E-state index contributed by atoms with van der Waals surface area (Å²) in [6.45, 7) is 1.47. The summed E-state index contributed by atoms with van der Waals surface area (Å²) in [6, 6.07) is 14.3. The van der Waals surface area contributed by atoms with Crippen molar-refractivity contribution >= 4 is 23.2 Å². The first-order valence-corrected chi connectivity index (χ1v) is 8.07. The molecule has 0 N–H and O–H groups in total. The van der Waals surface area contributed by atoms with Gasteiger partial charge in [0.25, 0.3) is 0 Å². The Balaban J connectivity index is 1.46. The number of rotatable bonds is 5. The summed E-state index contributed by atoms with van der Waals surface area (Å²) in [5.41, 5.74) is 3.93. The van der Waals surface area contributed by atoms with Gasteiger partial charge in [-0.15, -0.1) is 0 Å². The number of ether oxygens (including phenoxy) is 1. The number of hydrogen-bond acceptors (Lipinski definition) is 1. The Hall–Kier alpha value is -1.02. The van der Waals surface area contributed by atoms with Gasteiger partial charge in [0.15, 0.2) is 0 Å². The van der Waals surface area contributed by atoms with Gasteiger partial charge in [0, 0.05) is 10.0 Å². The van der Waals surface area contributed by atoms with E-state index in [9.17, 15) is 0 Å². The summed E-state index contributed by atoms with van der Waals surface area (Å²) in [6.07, 6.45) is 3.02. The second-order valence-electron chi connectivity index (χ2n) is 5.57. The van der Waals surface area contributed by atoms with Gasteiger partial charge in [0.2, 0.25) is 0 Å². The third kappa shape index (κ3) is 3.60. The van der Waals surface area contributed by atoms with E-state index in [2.05, 4.69) is 24.3 Å². The maximum absolute atomic E-state index is 6.16. The van der Waals surface area contributed by atoms with Gasteiger partial charge in [0.1, 0.15) is 0 Å². The highest BCUT2D eigenvalue weighted by atomic mass is 35.5. The van der Waals surface area contributed by atoms with E-state index in [0.29, 0.717) is 12.5 Å². The van der Waals surface area contributed by atoms with Crippen molar-refractivity contribution in [2.45, 2.75) is 19.3 Å². The molecule has 21 heavy (non-hydrogen) atoms. The molecule has 0 aliphatic heterocycles. The Morgan fingerprint density at radius 3 is 2.14 bits per heavy atom. The first-order chi connectivity index (χ1) is 10.2. The lowest BCUT2D eigenvalue weighted by Crippen LogP contribution is -2.11. The summed E-state index contributed by atoms with van der Waals surface area (Å²) >= 11 is 12.3. The lowest BCUT2D eigenvalue weighted by atomic mass is 10.1. The highest BCUT2D eigenvalue weighted by Crippen LogP contribution is 2.27. The molecule has 0 unspecified atom stereocenters. The molecule has 2 aromatic rings. The maximum atomic E-state index is 6.16. The smallest absolute Gasteiger partial charge is 0.0507 e. The second-order valence-corrected chi connectivity index (χ2v) is 6.38. The van der Waals surface area contributed by atoms with Gasteiger partial charge in [-0.05, 0) is 54.0 Å². The van der Waals surface area contributed by atoms with Crippen molar-refractivity contribution in [3.63, 3.8) is 0 Å². The molecule has 3 rings (SSSR count). The van der Waals surface area contributed by atoms with Crippen LogP contribution in [0, 0.1) is 5.92 Å². The van der Waals surface area contributed by atoms with Crippen molar-refractivity contribution in [1.82, 2.24) is 0 Å². The number of benzene rings is 2. The molecule has 0 heterocycles. The van der Waals surface area contributed by atoms with Crippen LogP contribution in [-0.2, 0) is 24.0 Å². The van der Waals surface area contributed by atoms with Crippen molar-refractivity contribution in [3.05, 3.63) is 69.2 Å². The lowest BCUT2D eigenvalue weighted by molar-refractivity contribution is 0.105. The zero-order valence-corrected chi connectivity index (χ0v) is 13.3. The number of fused-ring (bicyclic) bond motifs is 1. The van der Waals surface area contributed by atoms with Crippen molar-refractivity contribution in [2.75, 3.05) is 13.2 Å². The van der Waals surface area contributed by atoms with E-state index in [-0.39, 0.29) is 0 Å². The molecule has 0 aromatic heterocycles. The minimum Gasteiger partial charge on any atom is -0.381 e. The van der Waals surface area contributed by atoms with Crippen LogP contribution in [0.25, 0.3) is 0 Å². The molecule has 1 nitrogen and oxygen atoms in total. The minimum atomic E-state index is 0.601. The van der Waals surface area contributed by atoms with Crippen LogP contribution >= 0.6 is 23.2 Å². The standard InChI is InChI=1S/C18H18Cl2O/c19-17-6-3-7-18(20)16(17)8-9-21-12-13-10-14-4-1-2-5-15(14)11-13/h1-7,13H,8-12H2. The van der Waals surface area contributed by atoms with Gasteiger partial charge < -0.3 is 4.74 Å². The van der Waals surface area contributed by atoms with Gasteiger partial charge in [-0.3, -0.25) is 0 Å². The Morgan fingerprint density at radius 1 is 0.905 bits per heavy atom. The van der Waals surface area contributed by atoms with Gasteiger partial charge in [-0.2, -0.15) is 0 Å². The van der Waals surface area contributed by atoms with Crippen molar-refractivity contribution in [3.8, 4) is 0 Å². The van der Waals surface area contributed by atoms with Gasteiger partial charge in [-0.25, -0.2) is 0 Å². The second kappa shape index (κ2) is 6.83. The van der Waals surface area contributed by atoms with E-state index in [1.54, 1.807) is 0 Å². The van der Waals surface area contributed by atoms with Crippen LogP contribution in [0.5, 0.6) is 0 Å². The number of halogens is 2. The van der Waals surface area contributed by atoms with Crippen LogP contribution < -0.4 is 0 Å². The Bertz CT molecular complexity index is 579. The summed E-state index contributed by atoms with van der Waals surface area (Å²) in [7, 11) is 0. The molecule has 0 atom stereocenters. The number of hydrogen-bond donors (Lipinski definition) is 0. The van der Waals surface area contributed by atoms with Crippen molar-refractivity contribution < 1.29 is 4.74 Å². The molecular formula is C18H18Cl2O. The minimum absolute atomic E-state index is 0.601. The highest BCUT2D eigenvalue weighted by molar-refractivity contribution is 6.35. The SMILES string of the molecule is Clc1cccc(Cl)c1CCOCC1Cc2ccccc2C1. The van der Waals surface area contributed by atoms with Crippen LogP contribution in [0.2, 0.25) is 10.0 Å². The molecule has 0 amide bonds. The van der Waals surface area contributed by atoms with E-state index in [0.717, 1.165) is 41.5 Å². The average molecular weight is 321 g/mol. The summed E-state index contributed by atoms with van der Waals surface area (Å²) in [4.78, 5) is 0. The fraction of sp³-hybridized carbons (Fsp3) is 0.333. The van der Waals surface area contributed by atoms with E-state index >= 15 is 0 Å². The molecule has 3 heteroatoms. The molecule has 0 fully saturated rings. The van der Waals surface area contributed by atoms with Crippen LogP contribution in [0.3, 0.4) is 0 Å². The van der Waals surface area contributed by atoms with Crippen molar-refractivity contribution in [2.24, 2.45) is 5.92 Å². The molecule has 0 bridgehead atoms. The predicted octanol–water partition coefficient (Wildman–Crippen LogP) is 4.97. The molecule has 0 spiro atoms. The zero-order chi connectivity index (χ0) is 14.7. The topological polar surface area (TPSA) is 9.23 Å². The van der Waals surface area contributed by atoms with Crippen LogP contribution in [-0.4, -0.2) is 13.2 Å². The summed E-state index contributed by atoms with van der Waals surface area (Å²) in [5.74, 6) is 0.601. The first kappa shape index (κ1) is 14.9. The fourth-order valence-corrected chi connectivity index (χ4v) is 3.55. The molecule has 0 saturated carbocycles. The third-order valence-electron chi connectivity index (χ3n) is 4.05. The molecule has 110 valence electrons. The van der Waals surface area contributed by atoms with E-state index in [1.165, 1.54) is 11.1 Å². The summed E-state index contributed by atoms with van der Waals surface area (Å²) in [5, 5.41) is 1.44. The third-order valence-corrected chi connectivity index (χ3v) is 4.76. The molecule has 2 aromatic carbocycles.